The number of allylic oxidation sites excluding steroid dienone is 1. The molecule has 1 fully saturated rings. The van der Waals surface area contributed by atoms with Gasteiger partial charge in [0.05, 0.1) is 18.8 Å². The van der Waals surface area contributed by atoms with Gasteiger partial charge < -0.3 is 10.1 Å². The molecular formula is C13H23NOS. The molecule has 16 heavy (non-hydrogen) atoms. The zero-order chi connectivity index (χ0) is 11.2. The molecular weight excluding hydrogens is 218 g/mol. The molecule has 92 valence electrons. The average molecular weight is 241 g/mol. The first-order valence-electron chi connectivity index (χ1n) is 6.53. The lowest BCUT2D eigenvalue weighted by atomic mass is 9.91. The Morgan fingerprint density at radius 2 is 2.50 bits per heavy atom. The van der Waals surface area contributed by atoms with Gasteiger partial charge in [0, 0.05) is 11.5 Å². The van der Waals surface area contributed by atoms with Crippen molar-refractivity contribution in [2.75, 3.05) is 24.7 Å². The summed E-state index contributed by atoms with van der Waals surface area (Å²) in [5.74, 6) is 2.31. The summed E-state index contributed by atoms with van der Waals surface area (Å²) in [5, 5.41) is 3.62. The number of ether oxygens (including phenoxy) is 1. The molecule has 1 N–H and O–H groups in total. The van der Waals surface area contributed by atoms with Crippen molar-refractivity contribution in [2.24, 2.45) is 0 Å². The summed E-state index contributed by atoms with van der Waals surface area (Å²) in [6, 6.07) is 0.470. The second-order valence-corrected chi connectivity index (χ2v) is 5.69. The molecule has 1 heterocycles. The van der Waals surface area contributed by atoms with E-state index in [9.17, 15) is 0 Å². The Hall–Kier alpha value is 0.01000. The van der Waals surface area contributed by atoms with Crippen LogP contribution >= 0.6 is 11.8 Å². The van der Waals surface area contributed by atoms with Crippen molar-refractivity contribution in [3.8, 4) is 0 Å². The van der Waals surface area contributed by atoms with Crippen LogP contribution in [-0.2, 0) is 4.74 Å². The van der Waals surface area contributed by atoms with Gasteiger partial charge in [0.15, 0.2) is 0 Å². The molecule has 0 saturated carbocycles. The molecule has 2 nitrogen and oxygen atoms in total. The summed E-state index contributed by atoms with van der Waals surface area (Å²) in [7, 11) is 0. The van der Waals surface area contributed by atoms with E-state index < -0.39 is 0 Å². The fourth-order valence-electron chi connectivity index (χ4n) is 2.57. The Morgan fingerprint density at radius 3 is 3.12 bits per heavy atom. The third-order valence-electron chi connectivity index (χ3n) is 3.36. The predicted molar refractivity (Wildman–Crippen MR) is 71.1 cm³/mol. The fourth-order valence-corrected chi connectivity index (χ4v) is 3.47. The van der Waals surface area contributed by atoms with Crippen molar-refractivity contribution in [1.29, 1.82) is 0 Å². The van der Waals surface area contributed by atoms with E-state index >= 15 is 0 Å². The van der Waals surface area contributed by atoms with Gasteiger partial charge in [-0.05, 0) is 32.2 Å². The van der Waals surface area contributed by atoms with E-state index in [1.54, 1.807) is 5.57 Å². The molecule has 1 aliphatic heterocycles. The summed E-state index contributed by atoms with van der Waals surface area (Å²) in [5.41, 5.74) is 1.60. The van der Waals surface area contributed by atoms with Gasteiger partial charge in [-0.25, -0.2) is 0 Å². The molecule has 0 aromatic heterocycles. The number of hydrogen-bond donors (Lipinski definition) is 1. The summed E-state index contributed by atoms with van der Waals surface area (Å²) >= 11 is 2.03. The quantitative estimate of drug-likeness (QED) is 0.765. The third-order valence-corrected chi connectivity index (χ3v) is 4.38. The first-order valence-corrected chi connectivity index (χ1v) is 7.69. The molecule has 2 rings (SSSR count). The standard InChI is InChI=1S/C13H23NOS/c1-2-14-13(11-6-4-3-5-7-11)12-10-16-9-8-15-12/h6,12-14H,2-5,7-10H2,1H3. The van der Waals surface area contributed by atoms with Crippen LogP contribution in [0.25, 0.3) is 0 Å². The van der Waals surface area contributed by atoms with E-state index in [-0.39, 0.29) is 0 Å². The highest BCUT2D eigenvalue weighted by Gasteiger charge is 2.27. The Bertz CT molecular complexity index is 236. The fraction of sp³-hybridized carbons (Fsp3) is 0.846. The summed E-state index contributed by atoms with van der Waals surface area (Å²) in [4.78, 5) is 0. The van der Waals surface area contributed by atoms with Gasteiger partial charge in [-0.1, -0.05) is 18.6 Å². The molecule has 1 saturated heterocycles. The average Bonchev–Trinajstić information content (AvgIpc) is 2.38. The van der Waals surface area contributed by atoms with Gasteiger partial charge in [-0.3, -0.25) is 0 Å². The molecule has 0 spiro atoms. The molecule has 0 bridgehead atoms. The smallest absolute Gasteiger partial charge is 0.0857 e. The van der Waals surface area contributed by atoms with Crippen LogP contribution in [0, 0.1) is 0 Å². The van der Waals surface area contributed by atoms with E-state index in [0.29, 0.717) is 12.1 Å². The minimum absolute atomic E-state index is 0.392. The number of rotatable bonds is 4. The maximum atomic E-state index is 5.92. The second kappa shape index (κ2) is 6.67. The van der Waals surface area contributed by atoms with Gasteiger partial charge in [0.2, 0.25) is 0 Å². The number of hydrogen-bond acceptors (Lipinski definition) is 3. The van der Waals surface area contributed by atoms with Crippen molar-refractivity contribution in [3.05, 3.63) is 11.6 Å². The summed E-state index contributed by atoms with van der Waals surface area (Å²) in [6.45, 7) is 4.14. The van der Waals surface area contributed by atoms with Gasteiger partial charge in [0.1, 0.15) is 0 Å². The number of thioether (sulfide) groups is 1. The molecule has 1 aliphatic carbocycles. The first-order chi connectivity index (χ1) is 7.92. The lowest BCUT2D eigenvalue weighted by molar-refractivity contribution is 0.0553. The van der Waals surface area contributed by atoms with Crippen molar-refractivity contribution in [2.45, 2.75) is 44.8 Å². The van der Waals surface area contributed by atoms with Crippen LogP contribution < -0.4 is 5.32 Å². The Labute approximate surface area is 103 Å². The van der Waals surface area contributed by atoms with Crippen LogP contribution in [0.4, 0.5) is 0 Å². The van der Waals surface area contributed by atoms with Gasteiger partial charge in [0.25, 0.3) is 0 Å². The lowest BCUT2D eigenvalue weighted by Gasteiger charge is -2.33. The van der Waals surface area contributed by atoms with E-state index in [0.717, 1.165) is 24.7 Å². The van der Waals surface area contributed by atoms with Crippen LogP contribution in [0.15, 0.2) is 11.6 Å². The van der Waals surface area contributed by atoms with Gasteiger partial charge >= 0.3 is 0 Å². The Balaban J connectivity index is 1.99. The SMILES string of the molecule is CCNC(C1=CCCCC1)C1CSCCO1. The molecule has 2 atom stereocenters. The molecule has 0 aromatic carbocycles. The van der Waals surface area contributed by atoms with Crippen LogP contribution in [0.5, 0.6) is 0 Å². The second-order valence-electron chi connectivity index (χ2n) is 4.54. The van der Waals surface area contributed by atoms with E-state index in [2.05, 4.69) is 18.3 Å². The highest BCUT2D eigenvalue weighted by atomic mass is 32.2. The summed E-state index contributed by atoms with van der Waals surface area (Å²) in [6.07, 6.45) is 8.08. The molecule has 3 heteroatoms. The minimum Gasteiger partial charge on any atom is -0.375 e. The highest BCUT2D eigenvalue weighted by molar-refractivity contribution is 7.99. The van der Waals surface area contributed by atoms with Crippen LogP contribution in [0.1, 0.15) is 32.6 Å². The zero-order valence-corrected chi connectivity index (χ0v) is 11.0. The topological polar surface area (TPSA) is 21.3 Å². The lowest BCUT2D eigenvalue weighted by Crippen LogP contribution is -2.46. The van der Waals surface area contributed by atoms with E-state index in [1.165, 1.54) is 25.7 Å². The predicted octanol–water partition coefficient (Wildman–Crippen LogP) is 2.60. The van der Waals surface area contributed by atoms with E-state index in [1.807, 2.05) is 11.8 Å². The monoisotopic (exact) mass is 241 g/mol. The summed E-state index contributed by atoms with van der Waals surface area (Å²) < 4.78 is 5.92. The minimum atomic E-state index is 0.392. The van der Waals surface area contributed by atoms with Crippen molar-refractivity contribution >= 4 is 11.8 Å². The number of likely N-dealkylation sites (N-methyl/N-ethyl adjacent to an activating group) is 1. The van der Waals surface area contributed by atoms with Gasteiger partial charge in [-0.2, -0.15) is 11.8 Å². The van der Waals surface area contributed by atoms with Crippen molar-refractivity contribution in [3.63, 3.8) is 0 Å². The first kappa shape index (κ1) is 12.5. The molecule has 2 aliphatic rings. The van der Waals surface area contributed by atoms with E-state index in [4.69, 9.17) is 4.74 Å². The molecule has 0 radical (unpaired) electrons. The largest absolute Gasteiger partial charge is 0.375 e. The number of nitrogens with one attached hydrogen (secondary N) is 1. The zero-order valence-electron chi connectivity index (χ0n) is 10.2. The molecule has 2 unspecified atom stereocenters. The highest BCUT2D eigenvalue weighted by Crippen LogP contribution is 2.26. The van der Waals surface area contributed by atoms with Crippen LogP contribution in [0.3, 0.4) is 0 Å². The molecule has 0 aromatic rings. The maximum absolute atomic E-state index is 5.92. The van der Waals surface area contributed by atoms with Crippen LogP contribution in [-0.4, -0.2) is 36.8 Å². The normalized spacial score (nSPS) is 28.6. The Kier molecular flexibility index (Phi) is 5.20. The van der Waals surface area contributed by atoms with Crippen molar-refractivity contribution < 1.29 is 4.74 Å². The maximum Gasteiger partial charge on any atom is 0.0857 e. The third kappa shape index (κ3) is 3.25. The van der Waals surface area contributed by atoms with Gasteiger partial charge in [-0.15, -0.1) is 0 Å². The van der Waals surface area contributed by atoms with Crippen molar-refractivity contribution in [1.82, 2.24) is 5.32 Å². The molecule has 0 amide bonds. The Morgan fingerprint density at radius 1 is 1.56 bits per heavy atom. The van der Waals surface area contributed by atoms with Crippen LogP contribution in [0.2, 0.25) is 0 Å².